The molecule has 0 aliphatic rings. The van der Waals surface area contributed by atoms with Crippen molar-refractivity contribution in [1.29, 1.82) is 0 Å². The molecule has 26 heavy (non-hydrogen) atoms. The van der Waals surface area contributed by atoms with Gasteiger partial charge >= 0.3 is 6.09 Å². The number of aliphatic hydroxyl groups excluding tert-OH is 3. The Morgan fingerprint density at radius 1 is 1.12 bits per heavy atom. The summed E-state index contributed by atoms with van der Waals surface area (Å²) in [5, 5.41) is 31.5. The van der Waals surface area contributed by atoms with Crippen molar-refractivity contribution in [2.45, 2.75) is 31.8 Å². The number of rotatable bonds is 8. The molecule has 140 valence electrons. The molecule has 0 aromatic heterocycles. The second kappa shape index (κ2) is 9.86. The Kier molecular flexibility index (Phi) is 7.53. The van der Waals surface area contributed by atoms with Gasteiger partial charge in [0, 0.05) is 12.1 Å². The van der Waals surface area contributed by atoms with Gasteiger partial charge in [-0.05, 0) is 23.6 Å². The fourth-order valence-electron chi connectivity index (χ4n) is 2.37. The second-order valence-electron chi connectivity index (χ2n) is 5.80. The van der Waals surface area contributed by atoms with Crippen molar-refractivity contribution in [3.05, 3.63) is 71.0 Å². The minimum atomic E-state index is -1.44. The van der Waals surface area contributed by atoms with Gasteiger partial charge in [0.15, 0.2) is 0 Å². The van der Waals surface area contributed by atoms with Gasteiger partial charge in [0.05, 0.1) is 12.7 Å². The van der Waals surface area contributed by atoms with Crippen LogP contribution in [0.25, 0.3) is 0 Å². The molecule has 0 heterocycles. The summed E-state index contributed by atoms with van der Waals surface area (Å²) in [6.45, 7) is -0.132. The van der Waals surface area contributed by atoms with Crippen molar-refractivity contribution >= 4 is 6.09 Å². The molecule has 2 atom stereocenters. The van der Waals surface area contributed by atoms with E-state index in [1.807, 2.05) is 30.3 Å². The third-order valence-corrected chi connectivity index (χ3v) is 3.85. The van der Waals surface area contributed by atoms with E-state index in [0.717, 1.165) is 11.6 Å². The molecule has 0 radical (unpaired) electrons. The molecule has 2 rings (SSSR count). The third-order valence-electron chi connectivity index (χ3n) is 3.85. The monoisotopic (exact) mass is 363 g/mol. The number of alkyl carbamates (subject to hydrolysis) is 1. The zero-order valence-corrected chi connectivity index (χ0v) is 14.1. The van der Waals surface area contributed by atoms with Gasteiger partial charge in [0.2, 0.25) is 0 Å². The van der Waals surface area contributed by atoms with Crippen molar-refractivity contribution in [3.8, 4) is 0 Å². The minimum Gasteiger partial charge on any atom is -0.445 e. The van der Waals surface area contributed by atoms with E-state index in [4.69, 9.17) is 9.84 Å². The fraction of sp³-hybridized carbons (Fsp3) is 0.316. The third kappa shape index (κ3) is 5.80. The van der Waals surface area contributed by atoms with E-state index in [-0.39, 0.29) is 31.7 Å². The zero-order chi connectivity index (χ0) is 18.9. The van der Waals surface area contributed by atoms with Gasteiger partial charge in [-0.1, -0.05) is 42.5 Å². The largest absolute Gasteiger partial charge is 0.445 e. The number of halogens is 1. The average Bonchev–Trinajstić information content (AvgIpc) is 2.66. The lowest BCUT2D eigenvalue weighted by Gasteiger charge is -2.19. The number of carbonyl (C=O) groups excluding carboxylic acids is 1. The lowest BCUT2D eigenvalue weighted by molar-refractivity contribution is 0.0116. The number of amides is 1. The summed E-state index contributed by atoms with van der Waals surface area (Å²) < 4.78 is 18.9. The SMILES string of the molecule is O=C(NCCC(O)C(O)c1ccc(CO)cc1F)OCc1ccccc1. The number of ether oxygens (including phenoxy) is 1. The van der Waals surface area contributed by atoms with Crippen LogP contribution >= 0.6 is 0 Å². The van der Waals surface area contributed by atoms with Crippen molar-refractivity contribution in [3.63, 3.8) is 0 Å². The molecular formula is C19H22FNO5. The Balaban J connectivity index is 1.75. The lowest BCUT2D eigenvalue weighted by atomic mass is 10.00. The predicted octanol–water partition coefficient (Wildman–Crippen LogP) is 2.03. The van der Waals surface area contributed by atoms with Crippen LogP contribution in [0.5, 0.6) is 0 Å². The van der Waals surface area contributed by atoms with Gasteiger partial charge in [-0.2, -0.15) is 0 Å². The number of nitrogens with one attached hydrogen (secondary N) is 1. The molecule has 6 nitrogen and oxygen atoms in total. The maximum absolute atomic E-state index is 13.9. The van der Waals surface area contributed by atoms with E-state index < -0.39 is 24.1 Å². The number of carbonyl (C=O) groups is 1. The molecule has 0 aliphatic carbocycles. The molecule has 7 heteroatoms. The molecule has 0 saturated carbocycles. The van der Waals surface area contributed by atoms with Crippen LogP contribution in [0.15, 0.2) is 48.5 Å². The first-order valence-corrected chi connectivity index (χ1v) is 8.21. The number of hydrogen-bond acceptors (Lipinski definition) is 5. The van der Waals surface area contributed by atoms with Crippen LogP contribution in [0.2, 0.25) is 0 Å². The number of aliphatic hydroxyl groups is 3. The maximum atomic E-state index is 13.9. The smallest absolute Gasteiger partial charge is 0.407 e. The average molecular weight is 363 g/mol. The van der Waals surface area contributed by atoms with Crippen LogP contribution in [0.3, 0.4) is 0 Å². The maximum Gasteiger partial charge on any atom is 0.407 e. The summed E-state index contributed by atoms with van der Waals surface area (Å²) >= 11 is 0. The topological polar surface area (TPSA) is 99.0 Å². The molecule has 2 unspecified atom stereocenters. The molecule has 0 fully saturated rings. The van der Waals surface area contributed by atoms with E-state index in [9.17, 15) is 19.4 Å². The molecule has 1 amide bonds. The molecule has 0 aliphatic heterocycles. The van der Waals surface area contributed by atoms with Crippen molar-refractivity contribution < 1.29 is 29.2 Å². The second-order valence-corrected chi connectivity index (χ2v) is 5.80. The van der Waals surface area contributed by atoms with Gasteiger partial charge < -0.3 is 25.4 Å². The van der Waals surface area contributed by atoms with Gasteiger partial charge in [-0.15, -0.1) is 0 Å². The first-order valence-electron chi connectivity index (χ1n) is 8.21. The summed E-state index contributed by atoms with van der Waals surface area (Å²) in [4.78, 5) is 11.6. The molecule has 0 spiro atoms. The summed E-state index contributed by atoms with van der Waals surface area (Å²) in [5.74, 6) is -0.710. The van der Waals surface area contributed by atoms with Crippen molar-refractivity contribution in [1.82, 2.24) is 5.32 Å². The minimum absolute atomic E-state index is 0.0167. The Morgan fingerprint density at radius 2 is 1.85 bits per heavy atom. The van der Waals surface area contributed by atoms with E-state index in [1.165, 1.54) is 12.1 Å². The van der Waals surface area contributed by atoms with Crippen LogP contribution < -0.4 is 5.32 Å². The van der Waals surface area contributed by atoms with Crippen LogP contribution in [-0.2, 0) is 18.0 Å². The van der Waals surface area contributed by atoms with Crippen LogP contribution in [-0.4, -0.2) is 34.1 Å². The normalized spacial score (nSPS) is 13.1. The predicted molar refractivity (Wildman–Crippen MR) is 92.5 cm³/mol. The Hall–Kier alpha value is -2.48. The van der Waals surface area contributed by atoms with Crippen molar-refractivity contribution in [2.75, 3.05) is 6.54 Å². The number of benzene rings is 2. The standard InChI is InChI=1S/C19H22FNO5/c20-16-10-14(11-22)6-7-15(16)18(24)17(23)8-9-21-19(25)26-12-13-4-2-1-3-5-13/h1-7,10,17-18,22-24H,8-9,11-12H2,(H,21,25). The van der Waals surface area contributed by atoms with Crippen LogP contribution in [0, 0.1) is 5.82 Å². The summed E-state index contributed by atoms with van der Waals surface area (Å²) in [7, 11) is 0. The Morgan fingerprint density at radius 3 is 2.50 bits per heavy atom. The van der Waals surface area contributed by atoms with E-state index in [2.05, 4.69) is 5.32 Å². The van der Waals surface area contributed by atoms with Gasteiger partial charge in [-0.3, -0.25) is 0 Å². The van der Waals surface area contributed by atoms with E-state index in [1.54, 1.807) is 0 Å². The Bertz CT molecular complexity index is 710. The first kappa shape index (κ1) is 19.8. The van der Waals surface area contributed by atoms with E-state index in [0.29, 0.717) is 5.56 Å². The fourth-order valence-corrected chi connectivity index (χ4v) is 2.37. The molecule has 0 bridgehead atoms. The highest BCUT2D eigenvalue weighted by Crippen LogP contribution is 2.22. The highest BCUT2D eigenvalue weighted by molar-refractivity contribution is 5.67. The summed E-state index contributed by atoms with van der Waals surface area (Å²) in [6, 6.07) is 13.1. The molecular weight excluding hydrogens is 341 g/mol. The molecule has 4 N–H and O–H groups in total. The Labute approximate surface area is 150 Å². The molecule has 2 aromatic carbocycles. The van der Waals surface area contributed by atoms with Gasteiger partial charge in [0.25, 0.3) is 0 Å². The zero-order valence-electron chi connectivity index (χ0n) is 14.1. The van der Waals surface area contributed by atoms with Crippen LogP contribution in [0.1, 0.15) is 29.2 Å². The number of hydrogen-bond donors (Lipinski definition) is 4. The quantitative estimate of drug-likeness (QED) is 0.575. The van der Waals surface area contributed by atoms with Crippen molar-refractivity contribution in [2.24, 2.45) is 0 Å². The van der Waals surface area contributed by atoms with Gasteiger partial charge in [-0.25, -0.2) is 9.18 Å². The van der Waals surface area contributed by atoms with Gasteiger partial charge in [0.1, 0.15) is 18.5 Å². The summed E-state index contributed by atoms with van der Waals surface area (Å²) in [5.41, 5.74) is 1.15. The highest BCUT2D eigenvalue weighted by Gasteiger charge is 2.21. The molecule has 2 aromatic rings. The lowest BCUT2D eigenvalue weighted by Crippen LogP contribution is -2.30. The summed E-state index contributed by atoms with van der Waals surface area (Å²) in [6.07, 6.45) is -3.33. The highest BCUT2D eigenvalue weighted by atomic mass is 19.1. The molecule has 0 saturated heterocycles. The van der Waals surface area contributed by atoms with Crippen LogP contribution in [0.4, 0.5) is 9.18 Å². The van der Waals surface area contributed by atoms with E-state index >= 15 is 0 Å². The first-order chi connectivity index (χ1) is 12.5.